The molecule has 1 amide bonds. The zero-order chi connectivity index (χ0) is 12.2. The summed E-state index contributed by atoms with van der Waals surface area (Å²) >= 11 is 0. The van der Waals surface area contributed by atoms with E-state index in [0.717, 1.165) is 6.29 Å². The first kappa shape index (κ1) is 12.4. The lowest BCUT2D eigenvalue weighted by Crippen LogP contribution is -2.40. The Bertz CT molecular complexity index is 377. The summed E-state index contributed by atoms with van der Waals surface area (Å²) < 4.78 is 1.66. The lowest BCUT2D eigenvalue weighted by atomic mass is 10.1. The average molecular weight is 223 g/mol. The van der Waals surface area contributed by atoms with Crippen molar-refractivity contribution >= 4 is 12.2 Å². The number of hydrogen-bond donors (Lipinski definition) is 1. The topological polar surface area (TPSA) is 64.0 Å². The molecule has 5 nitrogen and oxygen atoms in total. The molecule has 0 aliphatic heterocycles. The minimum atomic E-state index is -0.223. The molecule has 1 rings (SSSR count). The Morgan fingerprint density at radius 1 is 1.56 bits per heavy atom. The van der Waals surface area contributed by atoms with Crippen LogP contribution in [-0.4, -0.2) is 27.3 Å². The lowest BCUT2D eigenvalue weighted by molar-refractivity contribution is -0.122. The van der Waals surface area contributed by atoms with E-state index in [4.69, 9.17) is 0 Å². The maximum absolute atomic E-state index is 11.5. The second-order valence-electron chi connectivity index (χ2n) is 4.68. The molecule has 1 aromatic rings. The van der Waals surface area contributed by atoms with Crippen LogP contribution in [-0.2, 0) is 11.3 Å². The van der Waals surface area contributed by atoms with Crippen molar-refractivity contribution in [3.63, 3.8) is 0 Å². The molecule has 0 fully saturated rings. The highest BCUT2D eigenvalue weighted by Gasteiger charge is 2.13. The van der Waals surface area contributed by atoms with E-state index in [9.17, 15) is 9.59 Å². The predicted molar refractivity (Wildman–Crippen MR) is 60.1 cm³/mol. The van der Waals surface area contributed by atoms with Crippen molar-refractivity contribution in [3.8, 4) is 0 Å². The number of hydrogen-bond acceptors (Lipinski definition) is 3. The Hall–Kier alpha value is -1.65. The van der Waals surface area contributed by atoms with E-state index in [1.54, 1.807) is 10.9 Å². The van der Waals surface area contributed by atoms with Gasteiger partial charge in [-0.2, -0.15) is 0 Å². The number of amides is 1. The van der Waals surface area contributed by atoms with E-state index in [1.165, 1.54) is 6.20 Å². The minimum absolute atomic E-state index is 0.0296. The first-order valence-electron chi connectivity index (χ1n) is 5.19. The smallest absolute Gasteiger partial charge is 0.222 e. The maximum Gasteiger partial charge on any atom is 0.222 e. The fourth-order valence-electron chi connectivity index (χ4n) is 1.32. The Morgan fingerprint density at radius 3 is 2.81 bits per heavy atom. The standard InChI is InChI=1S/C11H17N3O2/c1-11(2,3)13-10(16)4-5-14-8-12-6-9(14)7-15/h6-8H,4-5H2,1-3H3,(H,13,16). The Labute approximate surface area is 94.9 Å². The van der Waals surface area contributed by atoms with Gasteiger partial charge in [-0.1, -0.05) is 0 Å². The molecule has 0 saturated carbocycles. The fraction of sp³-hybridized carbons (Fsp3) is 0.545. The third-order valence-electron chi connectivity index (χ3n) is 1.96. The van der Waals surface area contributed by atoms with Crippen LogP contribution in [0.2, 0.25) is 0 Å². The number of carbonyl (C=O) groups is 2. The van der Waals surface area contributed by atoms with Crippen molar-refractivity contribution in [3.05, 3.63) is 18.2 Å². The van der Waals surface area contributed by atoms with Gasteiger partial charge >= 0.3 is 0 Å². The van der Waals surface area contributed by atoms with Gasteiger partial charge in [0.2, 0.25) is 5.91 Å². The Kier molecular flexibility index (Phi) is 3.82. The van der Waals surface area contributed by atoms with Gasteiger partial charge in [0, 0.05) is 18.5 Å². The van der Waals surface area contributed by atoms with Gasteiger partial charge in [0.1, 0.15) is 5.69 Å². The van der Waals surface area contributed by atoms with E-state index in [-0.39, 0.29) is 11.4 Å². The number of carbonyl (C=O) groups excluding carboxylic acids is 2. The quantitative estimate of drug-likeness (QED) is 0.774. The van der Waals surface area contributed by atoms with Gasteiger partial charge < -0.3 is 9.88 Å². The molecule has 0 aliphatic carbocycles. The van der Waals surface area contributed by atoms with Crippen LogP contribution in [0, 0.1) is 0 Å². The summed E-state index contributed by atoms with van der Waals surface area (Å²) in [5.74, 6) is -0.0296. The summed E-state index contributed by atoms with van der Waals surface area (Å²) in [5.41, 5.74) is 0.267. The number of aromatic nitrogens is 2. The zero-order valence-corrected chi connectivity index (χ0v) is 9.86. The molecule has 0 aliphatic rings. The molecule has 0 spiro atoms. The van der Waals surface area contributed by atoms with Gasteiger partial charge in [0.25, 0.3) is 0 Å². The monoisotopic (exact) mass is 223 g/mol. The van der Waals surface area contributed by atoms with Crippen molar-refractivity contribution in [1.29, 1.82) is 0 Å². The average Bonchev–Trinajstić information content (AvgIpc) is 2.59. The van der Waals surface area contributed by atoms with Crippen LogP contribution in [0.25, 0.3) is 0 Å². The molecule has 0 atom stereocenters. The largest absolute Gasteiger partial charge is 0.351 e. The summed E-state index contributed by atoms with van der Waals surface area (Å²) in [6.07, 6.45) is 4.10. The van der Waals surface area contributed by atoms with Gasteiger partial charge in [-0.3, -0.25) is 9.59 Å². The molecule has 0 bridgehead atoms. The third kappa shape index (κ3) is 3.84. The highest BCUT2D eigenvalue weighted by molar-refractivity contribution is 5.77. The number of nitrogens with zero attached hydrogens (tertiary/aromatic N) is 2. The molecule has 0 radical (unpaired) electrons. The fourth-order valence-corrected chi connectivity index (χ4v) is 1.32. The van der Waals surface area contributed by atoms with E-state index in [0.29, 0.717) is 18.7 Å². The van der Waals surface area contributed by atoms with Crippen molar-refractivity contribution in [1.82, 2.24) is 14.9 Å². The molecule has 16 heavy (non-hydrogen) atoms. The van der Waals surface area contributed by atoms with Crippen LogP contribution in [0.15, 0.2) is 12.5 Å². The second kappa shape index (κ2) is 4.92. The number of rotatable bonds is 4. The number of aldehydes is 1. The van der Waals surface area contributed by atoms with Crippen molar-refractivity contribution in [2.24, 2.45) is 0 Å². The first-order valence-corrected chi connectivity index (χ1v) is 5.19. The van der Waals surface area contributed by atoms with E-state index in [1.807, 2.05) is 20.8 Å². The van der Waals surface area contributed by atoms with Crippen molar-refractivity contribution in [2.75, 3.05) is 0 Å². The van der Waals surface area contributed by atoms with Crippen LogP contribution < -0.4 is 5.32 Å². The number of nitrogens with one attached hydrogen (secondary N) is 1. The molecular formula is C11H17N3O2. The summed E-state index contributed by atoms with van der Waals surface area (Å²) in [6, 6.07) is 0. The van der Waals surface area contributed by atoms with Crippen molar-refractivity contribution in [2.45, 2.75) is 39.3 Å². The van der Waals surface area contributed by atoms with Crippen LogP contribution in [0.1, 0.15) is 37.7 Å². The first-order chi connectivity index (χ1) is 7.42. The normalized spacial score (nSPS) is 11.2. The Balaban J connectivity index is 2.46. The summed E-state index contributed by atoms with van der Waals surface area (Å²) in [7, 11) is 0. The van der Waals surface area contributed by atoms with Crippen LogP contribution in [0.5, 0.6) is 0 Å². The van der Waals surface area contributed by atoms with Gasteiger partial charge in [-0.15, -0.1) is 0 Å². The number of aryl methyl sites for hydroxylation is 1. The van der Waals surface area contributed by atoms with Crippen LogP contribution in [0.4, 0.5) is 0 Å². The molecule has 1 aromatic heterocycles. The van der Waals surface area contributed by atoms with Gasteiger partial charge in [0.15, 0.2) is 6.29 Å². The highest BCUT2D eigenvalue weighted by Crippen LogP contribution is 2.01. The minimum Gasteiger partial charge on any atom is -0.351 e. The molecule has 88 valence electrons. The van der Waals surface area contributed by atoms with E-state index in [2.05, 4.69) is 10.3 Å². The molecule has 0 aromatic carbocycles. The van der Waals surface area contributed by atoms with Gasteiger partial charge in [0.05, 0.1) is 12.5 Å². The molecule has 1 N–H and O–H groups in total. The van der Waals surface area contributed by atoms with Gasteiger partial charge in [-0.05, 0) is 20.8 Å². The van der Waals surface area contributed by atoms with Gasteiger partial charge in [-0.25, -0.2) is 4.98 Å². The summed E-state index contributed by atoms with van der Waals surface area (Å²) in [5, 5.41) is 2.86. The van der Waals surface area contributed by atoms with E-state index >= 15 is 0 Å². The van der Waals surface area contributed by atoms with Crippen molar-refractivity contribution < 1.29 is 9.59 Å². The molecule has 1 heterocycles. The Morgan fingerprint density at radius 2 is 2.25 bits per heavy atom. The SMILES string of the molecule is CC(C)(C)NC(=O)CCn1cncc1C=O. The number of imidazole rings is 1. The summed E-state index contributed by atoms with van der Waals surface area (Å²) in [4.78, 5) is 26.0. The molecular weight excluding hydrogens is 206 g/mol. The zero-order valence-electron chi connectivity index (χ0n) is 9.86. The maximum atomic E-state index is 11.5. The third-order valence-corrected chi connectivity index (χ3v) is 1.96. The van der Waals surface area contributed by atoms with Crippen LogP contribution in [0.3, 0.4) is 0 Å². The lowest BCUT2D eigenvalue weighted by Gasteiger charge is -2.20. The summed E-state index contributed by atoms with van der Waals surface area (Å²) in [6.45, 7) is 6.26. The predicted octanol–water partition coefficient (Wildman–Crippen LogP) is 1.00. The molecule has 0 unspecified atom stereocenters. The van der Waals surface area contributed by atoms with E-state index < -0.39 is 0 Å². The second-order valence-corrected chi connectivity index (χ2v) is 4.68. The van der Waals surface area contributed by atoms with Crippen LogP contribution >= 0.6 is 0 Å². The highest BCUT2D eigenvalue weighted by atomic mass is 16.1. The molecule has 0 saturated heterocycles. The molecule has 5 heteroatoms.